The third kappa shape index (κ3) is 6.42. The lowest BCUT2D eigenvalue weighted by Crippen LogP contribution is -2.21. The van der Waals surface area contributed by atoms with Gasteiger partial charge in [-0.1, -0.05) is 60.7 Å². The molecule has 34 heavy (non-hydrogen) atoms. The van der Waals surface area contributed by atoms with Crippen molar-refractivity contribution in [1.29, 1.82) is 0 Å². The topological polar surface area (TPSA) is 63.4 Å². The summed E-state index contributed by atoms with van der Waals surface area (Å²) in [5.74, 6) is 0.0993. The van der Waals surface area contributed by atoms with Gasteiger partial charge in [0.1, 0.15) is 0 Å². The van der Waals surface area contributed by atoms with Gasteiger partial charge in [-0.3, -0.25) is 9.59 Å². The number of hydrogen-bond donors (Lipinski definition) is 1. The summed E-state index contributed by atoms with van der Waals surface area (Å²) < 4.78 is 0. The Morgan fingerprint density at radius 3 is 1.29 bits per heavy atom. The number of hydrogen-bond acceptors (Lipinski definition) is 4. The van der Waals surface area contributed by atoms with Gasteiger partial charge in [-0.25, -0.2) is 0 Å². The summed E-state index contributed by atoms with van der Waals surface area (Å²) in [6.07, 6.45) is 0. The molecule has 0 spiro atoms. The van der Waals surface area contributed by atoms with E-state index in [1.54, 1.807) is 36.4 Å². The number of nitrogens with two attached hydrogens (primary N) is 1. The van der Waals surface area contributed by atoms with Crippen molar-refractivity contribution in [3.8, 4) is 0 Å². The standard InChI is InChI=1S/C17H19NO.C13H11NO/c1-3-18(4-2)16-12-10-15(11-13-16)17(19)14-8-6-5-7-9-14;14-12-8-6-11(7-9-12)13(15)10-4-2-1-3-5-10/h5-13H,3-4H2,1-2H3;1-9H,14H2. The van der Waals surface area contributed by atoms with Crippen molar-refractivity contribution in [3.05, 3.63) is 131 Å². The summed E-state index contributed by atoms with van der Waals surface area (Å²) in [7, 11) is 0. The fourth-order valence-corrected chi connectivity index (χ4v) is 3.56. The highest BCUT2D eigenvalue weighted by atomic mass is 16.1. The van der Waals surface area contributed by atoms with E-state index in [4.69, 9.17) is 5.73 Å². The molecule has 4 rings (SSSR count). The Bertz CT molecular complexity index is 1180. The van der Waals surface area contributed by atoms with E-state index < -0.39 is 0 Å². The molecule has 0 atom stereocenters. The van der Waals surface area contributed by atoms with Crippen molar-refractivity contribution in [2.24, 2.45) is 0 Å². The highest BCUT2D eigenvalue weighted by Crippen LogP contribution is 2.17. The molecule has 0 aromatic heterocycles. The maximum Gasteiger partial charge on any atom is 0.193 e. The minimum Gasteiger partial charge on any atom is -0.399 e. The van der Waals surface area contributed by atoms with E-state index in [1.165, 1.54) is 0 Å². The molecule has 0 heterocycles. The lowest BCUT2D eigenvalue weighted by Gasteiger charge is -2.21. The van der Waals surface area contributed by atoms with Crippen molar-refractivity contribution >= 4 is 22.9 Å². The largest absolute Gasteiger partial charge is 0.399 e. The number of ketones is 2. The van der Waals surface area contributed by atoms with Crippen molar-refractivity contribution < 1.29 is 9.59 Å². The van der Waals surface area contributed by atoms with Crippen LogP contribution in [-0.4, -0.2) is 24.7 Å². The summed E-state index contributed by atoms with van der Waals surface area (Å²) >= 11 is 0. The first kappa shape index (κ1) is 24.5. The maximum absolute atomic E-state index is 12.3. The van der Waals surface area contributed by atoms with Crippen LogP contribution in [0.25, 0.3) is 0 Å². The Kier molecular flexibility index (Phi) is 8.75. The molecule has 2 N–H and O–H groups in total. The zero-order chi connectivity index (χ0) is 24.3. The van der Waals surface area contributed by atoms with Crippen LogP contribution >= 0.6 is 0 Å². The lowest BCUT2D eigenvalue weighted by atomic mass is 10.0. The number of carbonyl (C=O) groups excluding carboxylic acids is 2. The van der Waals surface area contributed by atoms with Gasteiger partial charge in [-0.2, -0.15) is 0 Å². The molecular weight excluding hydrogens is 420 g/mol. The molecule has 4 nitrogen and oxygen atoms in total. The second-order valence-electron chi connectivity index (χ2n) is 7.73. The predicted octanol–water partition coefficient (Wildman–Crippen LogP) is 6.26. The van der Waals surface area contributed by atoms with Gasteiger partial charge in [0, 0.05) is 46.7 Å². The van der Waals surface area contributed by atoms with Crippen LogP contribution in [0, 0.1) is 0 Å². The third-order valence-corrected chi connectivity index (χ3v) is 5.50. The molecule has 0 bridgehead atoms. The van der Waals surface area contributed by atoms with Crippen LogP contribution in [0.15, 0.2) is 109 Å². The van der Waals surface area contributed by atoms with Crippen LogP contribution in [0.3, 0.4) is 0 Å². The van der Waals surface area contributed by atoms with E-state index in [1.807, 2.05) is 72.8 Å². The molecule has 0 saturated heterocycles. The number of carbonyl (C=O) groups is 2. The third-order valence-electron chi connectivity index (χ3n) is 5.50. The predicted molar refractivity (Wildman–Crippen MR) is 141 cm³/mol. The molecule has 0 unspecified atom stereocenters. The van der Waals surface area contributed by atoms with E-state index in [2.05, 4.69) is 18.7 Å². The lowest BCUT2D eigenvalue weighted by molar-refractivity contribution is 0.103. The monoisotopic (exact) mass is 450 g/mol. The number of nitrogens with zero attached hydrogens (tertiary/aromatic N) is 1. The second kappa shape index (κ2) is 12.2. The zero-order valence-corrected chi connectivity index (χ0v) is 19.6. The molecule has 4 aromatic carbocycles. The Morgan fingerprint density at radius 2 is 0.912 bits per heavy atom. The molecule has 0 radical (unpaired) electrons. The van der Waals surface area contributed by atoms with Crippen LogP contribution in [0.1, 0.15) is 45.7 Å². The van der Waals surface area contributed by atoms with Crippen molar-refractivity contribution in [1.82, 2.24) is 0 Å². The van der Waals surface area contributed by atoms with Crippen LogP contribution < -0.4 is 10.6 Å². The van der Waals surface area contributed by atoms with E-state index >= 15 is 0 Å². The molecule has 0 aliphatic rings. The van der Waals surface area contributed by atoms with Gasteiger partial charge in [0.05, 0.1) is 0 Å². The molecule has 0 amide bonds. The smallest absolute Gasteiger partial charge is 0.193 e. The summed E-state index contributed by atoms with van der Waals surface area (Å²) in [6.45, 7) is 6.21. The van der Waals surface area contributed by atoms with Gasteiger partial charge >= 0.3 is 0 Å². The number of benzene rings is 4. The average Bonchev–Trinajstić information content (AvgIpc) is 2.91. The average molecular weight is 451 g/mol. The molecule has 172 valence electrons. The molecule has 0 fully saturated rings. The number of rotatable bonds is 7. The number of nitrogen functional groups attached to an aromatic ring is 1. The number of anilines is 2. The summed E-state index contributed by atoms with van der Waals surface area (Å²) in [4.78, 5) is 26.4. The van der Waals surface area contributed by atoms with Gasteiger partial charge in [0.2, 0.25) is 0 Å². The molecule has 4 heteroatoms. The van der Waals surface area contributed by atoms with Gasteiger partial charge in [-0.15, -0.1) is 0 Å². The first-order chi connectivity index (χ1) is 16.5. The summed E-state index contributed by atoms with van der Waals surface area (Å²) in [5.41, 5.74) is 10.2. The SMILES string of the molecule is CCN(CC)c1ccc(C(=O)c2ccccc2)cc1.Nc1ccc(C(=O)c2ccccc2)cc1. The van der Waals surface area contributed by atoms with Crippen LogP contribution in [0.5, 0.6) is 0 Å². The first-order valence-electron chi connectivity index (χ1n) is 11.4. The molecule has 0 aliphatic heterocycles. The van der Waals surface area contributed by atoms with Crippen molar-refractivity contribution in [2.45, 2.75) is 13.8 Å². The Morgan fingerprint density at radius 1 is 0.559 bits per heavy atom. The van der Waals surface area contributed by atoms with Gasteiger partial charge in [0.15, 0.2) is 11.6 Å². The second-order valence-corrected chi connectivity index (χ2v) is 7.73. The van der Waals surface area contributed by atoms with Crippen molar-refractivity contribution in [2.75, 3.05) is 23.7 Å². The van der Waals surface area contributed by atoms with Crippen LogP contribution in [-0.2, 0) is 0 Å². The fraction of sp³-hybridized carbons (Fsp3) is 0.133. The Labute approximate surface area is 201 Å². The fourth-order valence-electron chi connectivity index (χ4n) is 3.56. The van der Waals surface area contributed by atoms with Crippen LogP contribution in [0.4, 0.5) is 11.4 Å². The Hall–Kier alpha value is -4.18. The van der Waals surface area contributed by atoms with Crippen molar-refractivity contribution in [3.63, 3.8) is 0 Å². The van der Waals surface area contributed by atoms with Gasteiger partial charge in [0.25, 0.3) is 0 Å². The van der Waals surface area contributed by atoms with E-state index in [0.29, 0.717) is 16.8 Å². The summed E-state index contributed by atoms with van der Waals surface area (Å²) in [6, 6.07) is 33.4. The minimum absolute atomic E-state index is 0.0237. The maximum atomic E-state index is 12.3. The van der Waals surface area contributed by atoms with E-state index in [9.17, 15) is 9.59 Å². The summed E-state index contributed by atoms with van der Waals surface area (Å²) in [5, 5.41) is 0. The minimum atomic E-state index is 0.0237. The van der Waals surface area contributed by atoms with E-state index in [0.717, 1.165) is 29.9 Å². The molecule has 0 saturated carbocycles. The first-order valence-corrected chi connectivity index (χ1v) is 11.4. The van der Waals surface area contributed by atoms with Crippen LogP contribution in [0.2, 0.25) is 0 Å². The van der Waals surface area contributed by atoms with Gasteiger partial charge in [-0.05, 0) is 62.4 Å². The normalized spacial score (nSPS) is 10.1. The van der Waals surface area contributed by atoms with Gasteiger partial charge < -0.3 is 10.6 Å². The zero-order valence-electron chi connectivity index (χ0n) is 19.6. The molecular formula is C30H30N2O2. The van der Waals surface area contributed by atoms with E-state index in [-0.39, 0.29) is 11.6 Å². The molecule has 0 aliphatic carbocycles. The quantitative estimate of drug-likeness (QED) is 0.266. The highest BCUT2D eigenvalue weighted by molar-refractivity contribution is 6.09. The Balaban J connectivity index is 0.000000196. The highest BCUT2D eigenvalue weighted by Gasteiger charge is 2.09. The molecule has 4 aromatic rings.